The lowest BCUT2D eigenvalue weighted by Gasteiger charge is -2.32. The molecule has 0 saturated carbocycles. The topological polar surface area (TPSA) is 60.2 Å². The lowest BCUT2D eigenvalue weighted by atomic mass is 9.99. The largest absolute Gasteiger partial charge is 0.493 e. The van der Waals surface area contributed by atoms with E-state index in [1.54, 1.807) is 23.0 Å². The van der Waals surface area contributed by atoms with Crippen molar-refractivity contribution >= 4 is 5.91 Å². The van der Waals surface area contributed by atoms with Gasteiger partial charge in [-0.2, -0.15) is 0 Å². The molecule has 1 amide bonds. The van der Waals surface area contributed by atoms with Crippen LogP contribution >= 0.6 is 0 Å². The van der Waals surface area contributed by atoms with Crippen LogP contribution in [0.3, 0.4) is 0 Å². The summed E-state index contributed by atoms with van der Waals surface area (Å²) in [6.45, 7) is 4.02. The Hall–Kier alpha value is -2.44. The highest BCUT2D eigenvalue weighted by atomic mass is 19.1. The zero-order valence-corrected chi connectivity index (χ0v) is 13.7. The van der Waals surface area contributed by atoms with Gasteiger partial charge in [-0.1, -0.05) is 5.21 Å². The van der Waals surface area contributed by atoms with Crippen molar-refractivity contribution in [3.05, 3.63) is 42.0 Å². The maximum atomic E-state index is 12.9. The van der Waals surface area contributed by atoms with Crippen molar-refractivity contribution in [2.24, 2.45) is 5.92 Å². The molecule has 2 heterocycles. The number of aromatic nitrogens is 3. The minimum Gasteiger partial charge on any atom is -0.493 e. The Morgan fingerprint density at radius 2 is 2.17 bits per heavy atom. The van der Waals surface area contributed by atoms with Gasteiger partial charge >= 0.3 is 0 Å². The van der Waals surface area contributed by atoms with Crippen LogP contribution in [0.25, 0.3) is 0 Å². The number of amides is 1. The van der Waals surface area contributed by atoms with Crippen LogP contribution in [0, 0.1) is 18.7 Å². The molecule has 2 aromatic rings. The Bertz CT molecular complexity index is 686. The number of hydrogen-bond acceptors (Lipinski definition) is 4. The highest BCUT2D eigenvalue weighted by molar-refractivity contribution is 5.76. The van der Waals surface area contributed by atoms with Crippen molar-refractivity contribution < 1.29 is 13.9 Å². The Morgan fingerprint density at radius 3 is 2.88 bits per heavy atom. The molecule has 1 saturated heterocycles. The zero-order valence-electron chi connectivity index (χ0n) is 13.7. The van der Waals surface area contributed by atoms with E-state index in [9.17, 15) is 9.18 Å². The van der Waals surface area contributed by atoms with Crippen LogP contribution in [0.2, 0.25) is 0 Å². The van der Waals surface area contributed by atoms with Crippen LogP contribution < -0.4 is 4.74 Å². The fourth-order valence-corrected chi connectivity index (χ4v) is 2.88. The van der Waals surface area contributed by atoms with E-state index in [0.717, 1.165) is 25.1 Å². The van der Waals surface area contributed by atoms with Gasteiger partial charge in [-0.25, -0.2) is 9.07 Å². The Labute approximate surface area is 140 Å². The summed E-state index contributed by atoms with van der Waals surface area (Å²) in [5.41, 5.74) is 0.798. The Kier molecular flexibility index (Phi) is 5.08. The molecule has 1 atom stereocenters. The molecular weight excluding hydrogens is 311 g/mol. The molecule has 0 radical (unpaired) electrons. The van der Waals surface area contributed by atoms with Crippen LogP contribution in [0.15, 0.2) is 30.5 Å². The summed E-state index contributed by atoms with van der Waals surface area (Å²) in [6.07, 6.45) is 3.74. The number of ether oxygens (including phenoxy) is 1. The number of benzene rings is 1. The van der Waals surface area contributed by atoms with Gasteiger partial charge in [-0.05, 0) is 44.0 Å². The Balaban J connectivity index is 1.50. The molecule has 1 fully saturated rings. The molecule has 0 N–H and O–H groups in total. The Morgan fingerprint density at radius 1 is 1.38 bits per heavy atom. The molecule has 6 nitrogen and oxygen atoms in total. The fraction of sp³-hybridized carbons (Fsp3) is 0.471. The zero-order chi connectivity index (χ0) is 16.9. The molecule has 24 heavy (non-hydrogen) atoms. The normalized spacial score (nSPS) is 17.8. The number of carbonyl (C=O) groups is 1. The lowest BCUT2D eigenvalue weighted by Crippen LogP contribution is -2.43. The number of piperidine rings is 1. The number of hydrogen-bond donors (Lipinski definition) is 0. The molecule has 0 spiro atoms. The minimum absolute atomic E-state index is 0.0476. The molecule has 1 aliphatic rings. The number of nitrogens with zero attached hydrogens (tertiary/aromatic N) is 4. The van der Waals surface area contributed by atoms with E-state index in [1.165, 1.54) is 12.1 Å². The quantitative estimate of drug-likeness (QED) is 0.841. The summed E-state index contributed by atoms with van der Waals surface area (Å²) >= 11 is 0. The van der Waals surface area contributed by atoms with E-state index in [2.05, 4.69) is 10.3 Å². The van der Waals surface area contributed by atoms with Crippen LogP contribution in [-0.2, 0) is 11.3 Å². The van der Waals surface area contributed by atoms with Gasteiger partial charge < -0.3 is 9.64 Å². The van der Waals surface area contributed by atoms with E-state index in [-0.39, 0.29) is 24.2 Å². The standard InChI is InChI=1S/C17H21FN4O2/c1-13-9-22(20-19-13)11-17(23)21-8-2-3-14(10-21)12-24-16-6-4-15(18)5-7-16/h4-7,9,14H,2-3,8,10-12H2,1H3/t14-/m0/s1. The van der Waals surface area contributed by atoms with Crippen molar-refractivity contribution in [1.29, 1.82) is 0 Å². The van der Waals surface area contributed by atoms with Crippen molar-refractivity contribution in [3.8, 4) is 5.75 Å². The first-order valence-electron chi connectivity index (χ1n) is 8.13. The van der Waals surface area contributed by atoms with Gasteiger partial charge in [0.2, 0.25) is 5.91 Å². The van der Waals surface area contributed by atoms with Crippen LogP contribution in [0.4, 0.5) is 4.39 Å². The van der Waals surface area contributed by atoms with Crippen LogP contribution in [0.1, 0.15) is 18.5 Å². The molecule has 1 aromatic heterocycles. The fourth-order valence-electron chi connectivity index (χ4n) is 2.88. The third kappa shape index (κ3) is 4.31. The van der Waals surface area contributed by atoms with E-state index in [4.69, 9.17) is 4.74 Å². The second kappa shape index (κ2) is 7.42. The first-order chi connectivity index (χ1) is 11.6. The van der Waals surface area contributed by atoms with E-state index < -0.39 is 0 Å². The monoisotopic (exact) mass is 332 g/mol. The van der Waals surface area contributed by atoms with E-state index in [1.807, 2.05) is 11.8 Å². The minimum atomic E-state index is -0.278. The molecule has 128 valence electrons. The first-order valence-corrected chi connectivity index (χ1v) is 8.13. The lowest BCUT2D eigenvalue weighted by molar-refractivity contribution is -0.134. The first kappa shape index (κ1) is 16.4. The van der Waals surface area contributed by atoms with Gasteiger partial charge in [-0.3, -0.25) is 4.79 Å². The van der Waals surface area contributed by atoms with Gasteiger partial charge in [0.15, 0.2) is 0 Å². The highest BCUT2D eigenvalue weighted by Gasteiger charge is 2.24. The maximum Gasteiger partial charge on any atom is 0.244 e. The van der Waals surface area contributed by atoms with Crippen molar-refractivity contribution in [3.63, 3.8) is 0 Å². The average molecular weight is 332 g/mol. The second-order valence-corrected chi connectivity index (χ2v) is 6.17. The number of likely N-dealkylation sites (tertiary alicyclic amines) is 1. The SMILES string of the molecule is Cc1cn(CC(=O)N2CCC[C@H](COc3ccc(F)cc3)C2)nn1. The van der Waals surface area contributed by atoms with Crippen LogP contribution in [0.5, 0.6) is 5.75 Å². The number of carbonyl (C=O) groups excluding carboxylic acids is 1. The van der Waals surface area contributed by atoms with E-state index >= 15 is 0 Å². The molecule has 0 aliphatic carbocycles. The summed E-state index contributed by atoms with van der Waals surface area (Å²) in [4.78, 5) is 14.2. The smallest absolute Gasteiger partial charge is 0.244 e. The second-order valence-electron chi connectivity index (χ2n) is 6.17. The molecule has 0 bridgehead atoms. The van der Waals surface area contributed by atoms with Crippen molar-refractivity contribution in [2.75, 3.05) is 19.7 Å². The third-order valence-corrected chi connectivity index (χ3v) is 4.12. The summed E-state index contributed by atoms with van der Waals surface area (Å²) in [6, 6.07) is 6.00. The molecular formula is C17H21FN4O2. The summed E-state index contributed by atoms with van der Waals surface area (Å²) in [7, 11) is 0. The summed E-state index contributed by atoms with van der Waals surface area (Å²) in [5, 5.41) is 7.81. The number of aryl methyl sites for hydroxylation is 1. The van der Waals surface area contributed by atoms with Crippen LogP contribution in [-0.4, -0.2) is 45.5 Å². The average Bonchev–Trinajstić information content (AvgIpc) is 2.99. The maximum absolute atomic E-state index is 12.9. The van der Waals surface area contributed by atoms with Gasteiger partial charge in [-0.15, -0.1) is 5.10 Å². The molecule has 0 unspecified atom stereocenters. The number of halogens is 1. The summed E-state index contributed by atoms with van der Waals surface area (Å²) in [5.74, 6) is 0.703. The molecule has 1 aliphatic heterocycles. The highest BCUT2D eigenvalue weighted by Crippen LogP contribution is 2.19. The molecule has 3 rings (SSSR count). The summed E-state index contributed by atoms with van der Waals surface area (Å²) < 4.78 is 20.2. The third-order valence-electron chi connectivity index (χ3n) is 4.12. The van der Waals surface area contributed by atoms with Crippen molar-refractivity contribution in [1.82, 2.24) is 19.9 Å². The van der Waals surface area contributed by atoms with Gasteiger partial charge in [0.1, 0.15) is 18.1 Å². The predicted molar refractivity (Wildman–Crippen MR) is 86.0 cm³/mol. The van der Waals surface area contributed by atoms with Gasteiger partial charge in [0.05, 0.1) is 12.3 Å². The van der Waals surface area contributed by atoms with E-state index in [0.29, 0.717) is 18.9 Å². The molecule has 7 heteroatoms. The number of rotatable bonds is 5. The van der Waals surface area contributed by atoms with Gasteiger partial charge in [0.25, 0.3) is 0 Å². The molecule has 1 aromatic carbocycles. The van der Waals surface area contributed by atoms with Crippen molar-refractivity contribution in [2.45, 2.75) is 26.3 Å². The predicted octanol–water partition coefficient (Wildman–Crippen LogP) is 2.04. The van der Waals surface area contributed by atoms with Gasteiger partial charge in [0, 0.05) is 25.2 Å².